The molecule has 2 aliphatic rings. The second-order valence-corrected chi connectivity index (χ2v) is 10.1. The molecule has 2 fully saturated rings. The molecule has 1 unspecified atom stereocenters. The number of piperidine rings is 1. The highest BCUT2D eigenvalue weighted by Gasteiger charge is 2.33. The first-order valence-electron chi connectivity index (χ1n) is 10.3. The third kappa shape index (κ3) is 4.80. The number of benzene rings is 1. The van der Waals surface area contributed by atoms with Crippen molar-refractivity contribution in [2.75, 3.05) is 13.1 Å². The summed E-state index contributed by atoms with van der Waals surface area (Å²) < 4.78 is 28.6. The number of rotatable bonds is 6. The average Bonchev–Trinajstić information content (AvgIpc) is 3.21. The molecule has 4 rings (SSSR count). The van der Waals surface area contributed by atoms with Crippen molar-refractivity contribution in [1.82, 2.24) is 14.6 Å². The quantitative estimate of drug-likeness (QED) is 0.807. The highest BCUT2D eigenvalue weighted by molar-refractivity contribution is 7.90. The van der Waals surface area contributed by atoms with E-state index in [1.54, 1.807) is 6.20 Å². The second-order valence-electron chi connectivity index (χ2n) is 8.09. The van der Waals surface area contributed by atoms with Crippen molar-refractivity contribution in [2.24, 2.45) is 0 Å². The van der Waals surface area contributed by atoms with Gasteiger partial charge in [-0.3, -0.25) is 9.88 Å². The van der Waals surface area contributed by atoms with E-state index in [-0.39, 0.29) is 11.3 Å². The molecule has 28 heavy (non-hydrogen) atoms. The van der Waals surface area contributed by atoms with Gasteiger partial charge in [0.15, 0.2) is 0 Å². The van der Waals surface area contributed by atoms with Crippen LogP contribution in [-0.4, -0.2) is 42.7 Å². The predicted molar refractivity (Wildman–Crippen MR) is 112 cm³/mol. The normalized spacial score (nSPS) is 21.8. The maximum atomic E-state index is 12.8. The van der Waals surface area contributed by atoms with E-state index in [0.29, 0.717) is 6.54 Å². The summed E-state index contributed by atoms with van der Waals surface area (Å²) in [5, 5.41) is -0.302. The molecule has 0 amide bonds. The summed E-state index contributed by atoms with van der Waals surface area (Å²) in [5.41, 5.74) is 3.46. The molecule has 1 aliphatic heterocycles. The van der Waals surface area contributed by atoms with Gasteiger partial charge in [-0.05, 0) is 61.1 Å². The minimum atomic E-state index is -3.24. The zero-order valence-corrected chi connectivity index (χ0v) is 17.1. The Kier molecular flexibility index (Phi) is 6.09. The van der Waals surface area contributed by atoms with Crippen LogP contribution in [0.3, 0.4) is 0 Å². The Bertz CT molecular complexity index is 880. The summed E-state index contributed by atoms with van der Waals surface area (Å²) in [6.07, 6.45) is 9.58. The third-order valence-electron chi connectivity index (χ3n) is 5.92. The Labute approximate surface area is 168 Å². The Morgan fingerprint density at radius 3 is 2.64 bits per heavy atom. The van der Waals surface area contributed by atoms with Crippen LogP contribution in [0.5, 0.6) is 0 Å². The zero-order chi connectivity index (χ0) is 19.4. The first-order valence-corrected chi connectivity index (χ1v) is 11.9. The van der Waals surface area contributed by atoms with Crippen LogP contribution in [-0.2, 0) is 16.6 Å². The van der Waals surface area contributed by atoms with E-state index in [1.165, 1.54) is 5.56 Å². The summed E-state index contributed by atoms with van der Waals surface area (Å²) in [7, 11) is -3.24. The molecule has 0 spiro atoms. The molecule has 150 valence electrons. The van der Waals surface area contributed by atoms with Gasteiger partial charge in [0.25, 0.3) is 0 Å². The minimum absolute atomic E-state index is 0.150. The standard InChI is InChI=1S/C22H29N3O2S/c26-28(27,24-21-9-1-2-10-21)22-11-5-13-25(17-22)16-18-6-3-7-19(14-18)20-8-4-12-23-15-20/h3-4,6-8,12,14-15,21-22,24H,1-2,5,9-11,13,16-17H2. The van der Waals surface area contributed by atoms with Crippen LogP contribution in [0, 0.1) is 0 Å². The lowest BCUT2D eigenvalue weighted by atomic mass is 10.0. The predicted octanol–water partition coefficient (Wildman–Crippen LogP) is 3.58. The van der Waals surface area contributed by atoms with Gasteiger partial charge in [0.05, 0.1) is 5.25 Å². The number of nitrogens with one attached hydrogen (secondary N) is 1. The van der Waals surface area contributed by atoms with Gasteiger partial charge in [0.1, 0.15) is 0 Å². The molecule has 5 nitrogen and oxygen atoms in total. The highest BCUT2D eigenvalue weighted by Crippen LogP contribution is 2.24. The SMILES string of the molecule is O=S(=O)(NC1CCCC1)C1CCCN(Cc2cccc(-c3cccnc3)c2)C1. The van der Waals surface area contributed by atoms with Crippen molar-refractivity contribution in [3.8, 4) is 11.1 Å². The lowest BCUT2D eigenvalue weighted by Gasteiger charge is -2.33. The van der Waals surface area contributed by atoms with Gasteiger partial charge in [-0.15, -0.1) is 0 Å². The molecule has 0 bridgehead atoms. The Morgan fingerprint density at radius 2 is 1.86 bits per heavy atom. The van der Waals surface area contributed by atoms with Crippen molar-refractivity contribution >= 4 is 10.0 Å². The number of hydrogen-bond donors (Lipinski definition) is 1. The van der Waals surface area contributed by atoms with Gasteiger partial charge in [-0.25, -0.2) is 13.1 Å². The van der Waals surface area contributed by atoms with Crippen molar-refractivity contribution in [1.29, 1.82) is 0 Å². The number of likely N-dealkylation sites (tertiary alicyclic amines) is 1. The summed E-state index contributed by atoms with van der Waals surface area (Å²) in [6.45, 7) is 2.34. The molecule has 6 heteroatoms. The fraction of sp³-hybridized carbons (Fsp3) is 0.500. The van der Waals surface area contributed by atoms with E-state index in [2.05, 4.69) is 44.9 Å². The molecule has 1 atom stereocenters. The molecule has 1 N–H and O–H groups in total. The number of sulfonamides is 1. The van der Waals surface area contributed by atoms with E-state index in [1.807, 2.05) is 12.3 Å². The smallest absolute Gasteiger partial charge is 0.215 e. The van der Waals surface area contributed by atoms with Crippen LogP contribution < -0.4 is 4.72 Å². The largest absolute Gasteiger partial charge is 0.298 e. The second kappa shape index (κ2) is 8.72. The van der Waals surface area contributed by atoms with Gasteiger partial charge in [-0.1, -0.05) is 37.1 Å². The molecule has 1 aromatic carbocycles. The fourth-order valence-electron chi connectivity index (χ4n) is 4.42. The number of nitrogens with zero attached hydrogens (tertiary/aromatic N) is 2. The maximum Gasteiger partial charge on any atom is 0.215 e. The number of pyridine rings is 1. The fourth-order valence-corrected chi connectivity index (χ4v) is 6.20. The molecule has 1 aliphatic carbocycles. The van der Waals surface area contributed by atoms with Crippen LogP contribution >= 0.6 is 0 Å². The van der Waals surface area contributed by atoms with Gasteiger partial charge in [0.2, 0.25) is 10.0 Å². The monoisotopic (exact) mass is 399 g/mol. The van der Waals surface area contributed by atoms with Crippen LogP contribution in [0.1, 0.15) is 44.1 Å². The lowest BCUT2D eigenvalue weighted by Crippen LogP contribution is -2.48. The van der Waals surface area contributed by atoms with E-state index in [0.717, 1.165) is 62.7 Å². The van der Waals surface area contributed by atoms with E-state index >= 15 is 0 Å². The zero-order valence-electron chi connectivity index (χ0n) is 16.3. The molecule has 1 saturated carbocycles. The maximum absolute atomic E-state index is 12.8. The van der Waals surface area contributed by atoms with E-state index in [4.69, 9.17) is 0 Å². The van der Waals surface area contributed by atoms with E-state index < -0.39 is 10.0 Å². The van der Waals surface area contributed by atoms with Crippen molar-refractivity contribution in [2.45, 2.75) is 56.4 Å². The van der Waals surface area contributed by atoms with Crippen LogP contribution in [0.25, 0.3) is 11.1 Å². The molecule has 2 aromatic rings. The Balaban J connectivity index is 1.41. The summed E-state index contributed by atoms with van der Waals surface area (Å²) >= 11 is 0. The minimum Gasteiger partial charge on any atom is -0.298 e. The van der Waals surface area contributed by atoms with Crippen molar-refractivity contribution in [3.05, 3.63) is 54.4 Å². The Morgan fingerprint density at radius 1 is 1.04 bits per heavy atom. The van der Waals surface area contributed by atoms with Crippen LogP contribution in [0.4, 0.5) is 0 Å². The van der Waals surface area contributed by atoms with Gasteiger partial charge in [0, 0.05) is 31.5 Å². The first-order chi connectivity index (χ1) is 13.6. The van der Waals surface area contributed by atoms with Crippen molar-refractivity contribution in [3.63, 3.8) is 0 Å². The molecular formula is C22H29N3O2S. The van der Waals surface area contributed by atoms with Gasteiger partial charge >= 0.3 is 0 Å². The van der Waals surface area contributed by atoms with Gasteiger partial charge < -0.3 is 0 Å². The molecule has 1 saturated heterocycles. The molecular weight excluding hydrogens is 370 g/mol. The third-order valence-corrected chi connectivity index (χ3v) is 7.84. The van der Waals surface area contributed by atoms with E-state index in [9.17, 15) is 8.42 Å². The van der Waals surface area contributed by atoms with Gasteiger partial charge in [-0.2, -0.15) is 0 Å². The van der Waals surface area contributed by atoms with Crippen LogP contribution in [0.15, 0.2) is 48.8 Å². The molecule has 1 aromatic heterocycles. The number of aromatic nitrogens is 1. The summed E-state index contributed by atoms with van der Waals surface area (Å²) in [4.78, 5) is 6.48. The summed E-state index contributed by atoms with van der Waals surface area (Å²) in [5.74, 6) is 0. The molecule has 0 radical (unpaired) electrons. The average molecular weight is 400 g/mol. The molecule has 2 heterocycles. The lowest BCUT2D eigenvalue weighted by molar-refractivity contribution is 0.221. The first kappa shape index (κ1) is 19.6. The topological polar surface area (TPSA) is 62.3 Å². The van der Waals surface area contributed by atoms with Crippen LogP contribution in [0.2, 0.25) is 0 Å². The highest BCUT2D eigenvalue weighted by atomic mass is 32.2. The Hall–Kier alpha value is -1.76. The van der Waals surface area contributed by atoms with Crippen molar-refractivity contribution < 1.29 is 8.42 Å². The number of hydrogen-bond acceptors (Lipinski definition) is 4. The summed E-state index contributed by atoms with van der Waals surface area (Å²) in [6, 6.07) is 12.6.